The van der Waals surface area contributed by atoms with Crippen molar-refractivity contribution in [3.05, 3.63) is 35.6 Å². The lowest BCUT2D eigenvalue weighted by atomic mass is 9.99. The van der Waals surface area contributed by atoms with Gasteiger partial charge in [-0.1, -0.05) is 12.1 Å². The normalized spacial score (nSPS) is 28.9. The van der Waals surface area contributed by atoms with Gasteiger partial charge >= 0.3 is 0 Å². The zero-order valence-corrected chi connectivity index (χ0v) is 8.50. The fourth-order valence-corrected chi connectivity index (χ4v) is 1.81. The maximum absolute atomic E-state index is 12.7. The second-order valence-corrected chi connectivity index (χ2v) is 3.94. The van der Waals surface area contributed by atoms with Crippen LogP contribution in [0.15, 0.2) is 24.3 Å². The number of hydrogen-bond acceptors (Lipinski definition) is 2. The molecule has 0 aromatic heterocycles. The van der Waals surface area contributed by atoms with Crippen LogP contribution in [0.3, 0.4) is 0 Å². The smallest absolute Gasteiger partial charge is 0.225 e. The molecule has 14 heavy (non-hydrogen) atoms. The van der Waals surface area contributed by atoms with Crippen molar-refractivity contribution in [1.29, 1.82) is 0 Å². The van der Waals surface area contributed by atoms with E-state index in [2.05, 4.69) is 0 Å². The molecule has 1 aromatic rings. The van der Waals surface area contributed by atoms with Gasteiger partial charge in [0.15, 0.2) is 0 Å². The van der Waals surface area contributed by atoms with Gasteiger partial charge in [-0.3, -0.25) is 0 Å². The number of rotatable bonds is 2. The largest absolute Gasteiger partial charge is 0.347 e. The van der Waals surface area contributed by atoms with E-state index in [9.17, 15) is 4.39 Å². The second kappa shape index (κ2) is 2.78. The molecule has 76 valence electrons. The van der Waals surface area contributed by atoms with Gasteiger partial charge < -0.3 is 9.47 Å². The average molecular weight is 196 g/mol. The first-order valence-electron chi connectivity index (χ1n) is 4.53. The summed E-state index contributed by atoms with van der Waals surface area (Å²) in [5.41, 5.74) is 0.519. The Kier molecular flexibility index (Phi) is 1.91. The molecule has 0 saturated carbocycles. The topological polar surface area (TPSA) is 21.8 Å². The number of halogens is 1. The second-order valence-electron chi connectivity index (χ2n) is 3.94. The lowest BCUT2D eigenvalue weighted by Gasteiger charge is -2.13. The fraction of sp³-hybridized carbons (Fsp3) is 0.455. The number of epoxide rings is 1. The van der Waals surface area contributed by atoms with Crippen LogP contribution in [0.1, 0.15) is 19.4 Å². The van der Waals surface area contributed by atoms with Crippen molar-refractivity contribution in [2.24, 2.45) is 0 Å². The molecule has 0 radical (unpaired) electrons. The number of hydrogen-bond donors (Lipinski definition) is 0. The zero-order chi connectivity index (χ0) is 10.4. The van der Waals surface area contributed by atoms with Gasteiger partial charge in [-0.25, -0.2) is 4.39 Å². The Balaban J connectivity index is 2.36. The molecule has 1 aliphatic heterocycles. The molecule has 1 aliphatic rings. The molecule has 0 amide bonds. The summed E-state index contributed by atoms with van der Waals surface area (Å²) in [5, 5.41) is 0. The number of benzene rings is 1. The molecule has 2 nitrogen and oxygen atoms in total. The monoisotopic (exact) mass is 196 g/mol. The van der Waals surface area contributed by atoms with E-state index in [1.807, 2.05) is 13.8 Å². The Labute approximate surface area is 82.6 Å². The minimum absolute atomic E-state index is 0.251. The van der Waals surface area contributed by atoms with Crippen molar-refractivity contribution in [1.82, 2.24) is 0 Å². The van der Waals surface area contributed by atoms with Gasteiger partial charge in [0, 0.05) is 12.7 Å². The molecule has 1 atom stereocenters. The highest BCUT2D eigenvalue weighted by molar-refractivity contribution is 5.29. The fourth-order valence-electron chi connectivity index (χ4n) is 1.81. The predicted octanol–water partition coefficient (Wildman–Crippen LogP) is 2.43. The summed E-state index contributed by atoms with van der Waals surface area (Å²) in [6.45, 7) is 3.89. The van der Waals surface area contributed by atoms with Crippen molar-refractivity contribution >= 4 is 0 Å². The molecule has 2 rings (SSSR count). The van der Waals surface area contributed by atoms with Gasteiger partial charge in [-0.2, -0.15) is 0 Å². The lowest BCUT2D eigenvalue weighted by Crippen LogP contribution is -2.20. The molecular weight excluding hydrogens is 183 g/mol. The Morgan fingerprint density at radius 3 is 2.07 bits per heavy atom. The van der Waals surface area contributed by atoms with Crippen molar-refractivity contribution in [2.45, 2.75) is 25.2 Å². The quantitative estimate of drug-likeness (QED) is 0.677. The van der Waals surface area contributed by atoms with Gasteiger partial charge in [-0.05, 0) is 26.0 Å². The Morgan fingerprint density at radius 1 is 1.21 bits per heavy atom. The van der Waals surface area contributed by atoms with Crippen LogP contribution in [0.4, 0.5) is 4.39 Å². The Morgan fingerprint density at radius 2 is 1.71 bits per heavy atom. The van der Waals surface area contributed by atoms with Crippen LogP contribution in [0.2, 0.25) is 0 Å². The standard InChI is InChI=1S/C11H13FO2/c1-10(2)11(13-3,14-10)8-4-6-9(12)7-5-8/h4-7H,1-3H3. The summed E-state index contributed by atoms with van der Waals surface area (Å²) in [7, 11) is 1.60. The molecule has 0 bridgehead atoms. The van der Waals surface area contributed by atoms with E-state index in [4.69, 9.17) is 9.47 Å². The highest BCUT2D eigenvalue weighted by Crippen LogP contribution is 2.55. The van der Waals surface area contributed by atoms with E-state index in [0.717, 1.165) is 5.56 Å². The van der Waals surface area contributed by atoms with Crippen LogP contribution in [0.25, 0.3) is 0 Å². The molecule has 1 unspecified atom stereocenters. The average Bonchev–Trinajstić information content (AvgIpc) is 2.71. The van der Waals surface area contributed by atoms with Crippen molar-refractivity contribution < 1.29 is 13.9 Å². The summed E-state index contributed by atoms with van der Waals surface area (Å²) in [6, 6.07) is 6.20. The number of ether oxygens (including phenoxy) is 2. The third-order valence-electron chi connectivity index (χ3n) is 2.66. The summed E-state index contributed by atoms with van der Waals surface area (Å²) < 4.78 is 23.6. The predicted molar refractivity (Wildman–Crippen MR) is 50.3 cm³/mol. The minimum Gasteiger partial charge on any atom is -0.347 e. The highest BCUT2D eigenvalue weighted by Gasteiger charge is 2.66. The van der Waals surface area contributed by atoms with E-state index in [-0.39, 0.29) is 11.4 Å². The zero-order valence-electron chi connectivity index (χ0n) is 8.50. The highest BCUT2D eigenvalue weighted by atomic mass is 19.1. The first kappa shape index (κ1) is 9.62. The Hall–Kier alpha value is -0.930. The third-order valence-corrected chi connectivity index (χ3v) is 2.66. The summed E-state index contributed by atoms with van der Waals surface area (Å²) in [5.74, 6) is -0.945. The van der Waals surface area contributed by atoms with Crippen LogP contribution in [0, 0.1) is 5.82 Å². The molecule has 1 heterocycles. The first-order chi connectivity index (χ1) is 6.52. The van der Waals surface area contributed by atoms with Crippen molar-refractivity contribution in [3.63, 3.8) is 0 Å². The van der Waals surface area contributed by atoms with Gasteiger partial charge in [0.1, 0.15) is 11.4 Å². The Bertz CT molecular complexity index is 345. The molecule has 0 spiro atoms. The molecule has 1 saturated heterocycles. The van der Waals surface area contributed by atoms with Crippen molar-refractivity contribution in [3.8, 4) is 0 Å². The van der Waals surface area contributed by atoms with E-state index in [0.29, 0.717) is 0 Å². The SMILES string of the molecule is COC1(c2ccc(F)cc2)OC1(C)C. The summed E-state index contributed by atoms with van der Waals surface area (Å²) in [4.78, 5) is 0. The summed E-state index contributed by atoms with van der Waals surface area (Å²) in [6.07, 6.45) is 0. The van der Waals surface area contributed by atoms with E-state index in [1.165, 1.54) is 12.1 Å². The minimum atomic E-state index is -0.694. The van der Waals surface area contributed by atoms with E-state index >= 15 is 0 Å². The van der Waals surface area contributed by atoms with Gasteiger partial charge in [-0.15, -0.1) is 0 Å². The van der Waals surface area contributed by atoms with Crippen molar-refractivity contribution in [2.75, 3.05) is 7.11 Å². The van der Waals surface area contributed by atoms with E-state index < -0.39 is 5.79 Å². The summed E-state index contributed by atoms with van der Waals surface area (Å²) >= 11 is 0. The van der Waals surface area contributed by atoms with Crippen LogP contribution in [-0.4, -0.2) is 12.7 Å². The van der Waals surface area contributed by atoms with Crippen LogP contribution in [-0.2, 0) is 15.3 Å². The van der Waals surface area contributed by atoms with Crippen LogP contribution in [0.5, 0.6) is 0 Å². The molecule has 0 N–H and O–H groups in total. The lowest BCUT2D eigenvalue weighted by molar-refractivity contribution is -0.0148. The van der Waals surface area contributed by atoms with Crippen LogP contribution >= 0.6 is 0 Å². The molecule has 1 aromatic carbocycles. The molecule has 3 heteroatoms. The molecule has 0 aliphatic carbocycles. The first-order valence-corrected chi connectivity index (χ1v) is 4.53. The van der Waals surface area contributed by atoms with Gasteiger partial charge in [0.25, 0.3) is 0 Å². The maximum atomic E-state index is 12.7. The molecule has 1 fully saturated rings. The van der Waals surface area contributed by atoms with Gasteiger partial charge in [0.2, 0.25) is 5.79 Å². The molecular formula is C11H13FO2. The van der Waals surface area contributed by atoms with E-state index in [1.54, 1.807) is 19.2 Å². The maximum Gasteiger partial charge on any atom is 0.225 e. The van der Waals surface area contributed by atoms with Crippen LogP contribution < -0.4 is 0 Å². The third kappa shape index (κ3) is 1.16. The number of methoxy groups -OCH3 is 1. The van der Waals surface area contributed by atoms with Gasteiger partial charge in [0.05, 0.1) is 0 Å².